The van der Waals surface area contributed by atoms with Crippen molar-refractivity contribution in [1.29, 1.82) is 0 Å². The minimum Gasteiger partial charge on any atom is -0.494 e. The van der Waals surface area contributed by atoms with Crippen LogP contribution in [0.1, 0.15) is 36.4 Å². The molecule has 1 amide bonds. The van der Waals surface area contributed by atoms with Crippen molar-refractivity contribution in [1.82, 2.24) is 5.43 Å². The van der Waals surface area contributed by atoms with Gasteiger partial charge in [0.15, 0.2) is 0 Å². The van der Waals surface area contributed by atoms with Gasteiger partial charge in [0.25, 0.3) is 5.91 Å². The first-order valence-electron chi connectivity index (χ1n) is 7.25. The quantitative estimate of drug-likeness (QED) is 0.629. The van der Waals surface area contributed by atoms with Crippen LogP contribution >= 0.6 is 0 Å². The molecule has 0 bridgehead atoms. The number of ether oxygens (including phenoxy) is 1. The summed E-state index contributed by atoms with van der Waals surface area (Å²) in [5.74, 6) is 1.67. The van der Waals surface area contributed by atoms with Crippen molar-refractivity contribution in [3.05, 3.63) is 54.0 Å². The first kappa shape index (κ1) is 15.8. The van der Waals surface area contributed by atoms with E-state index in [9.17, 15) is 4.79 Å². The van der Waals surface area contributed by atoms with Gasteiger partial charge in [0.05, 0.1) is 19.1 Å². The lowest BCUT2D eigenvalue weighted by Gasteiger charge is -2.08. The zero-order valence-corrected chi connectivity index (χ0v) is 12.8. The van der Waals surface area contributed by atoms with Crippen molar-refractivity contribution in [2.45, 2.75) is 20.3 Å². The molecule has 1 heterocycles. The highest BCUT2D eigenvalue weighted by Crippen LogP contribution is 2.13. The first-order valence-corrected chi connectivity index (χ1v) is 7.25. The van der Waals surface area contributed by atoms with E-state index in [0.717, 1.165) is 12.2 Å². The van der Waals surface area contributed by atoms with Crippen LogP contribution in [0.4, 0.5) is 0 Å². The standard InChI is InChI=1S/C17H20N2O3/c1-13(2)9-11-22-15-7-5-14(6-8-15)17(20)19-18-12-16-4-3-10-21-16/h3-8,10,12-13H,9,11H2,1-2H3,(H,19,20)/b18-12-. The summed E-state index contributed by atoms with van der Waals surface area (Å²) in [6.07, 6.45) is 3.99. The molecule has 1 N–H and O–H groups in total. The Labute approximate surface area is 130 Å². The minimum absolute atomic E-state index is 0.281. The molecule has 0 aliphatic carbocycles. The van der Waals surface area contributed by atoms with Crippen LogP contribution in [0.5, 0.6) is 5.75 Å². The van der Waals surface area contributed by atoms with Crippen molar-refractivity contribution >= 4 is 12.1 Å². The van der Waals surface area contributed by atoms with Gasteiger partial charge in [-0.3, -0.25) is 4.79 Å². The summed E-state index contributed by atoms with van der Waals surface area (Å²) in [7, 11) is 0. The van der Waals surface area contributed by atoms with E-state index in [1.54, 1.807) is 42.7 Å². The van der Waals surface area contributed by atoms with Crippen molar-refractivity contribution in [2.75, 3.05) is 6.61 Å². The lowest BCUT2D eigenvalue weighted by atomic mass is 10.1. The molecule has 0 unspecified atom stereocenters. The number of benzene rings is 1. The SMILES string of the molecule is CC(C)CCOc1ccc(C(=O)N/N=C\c2ccco2)cc1. The molecule has 5 heteroatoms. The molecule has 1 aromatic carbocycles. The number of furan rings is 1. The van der Waals surface area contributed by atoms with Gasteiger partial charge in [0.2, 0.25) is 0 Å². The molecule has 0 atom stereocenters. The van der Waals surface area contributed by atoms with Crippen molar-refractivity contribution in [2.24, 2.45) is 11.0 Å². The van der Waals surface area contributed by atoms with Gasteiger partial charge in [-0.25, -0.2) is 5.43 Å². The fourth-order valence-corrected chi connectivity index (χ4v) is 1.70. The van der Waals surface area contributed by atoms with Gasteiger partial charge in [0, 0.05) is 5.56 Å². The van der Waals surface area contributed by atoms with E-state index >= 15 is 0 Å². The number of nitrogens with zero attached hydrogens (tertiary/aromatic N) is 1. The molecule has 0 aliphatic rings. The maximum absolute atomic E-state index is 11.9. The van der Waals surface area contributed by atoms with Gasteiger partial charge in [0.1, 0.15) is 11.5 Å². The fourth-order valence-electron chi connectivity index (χ4n) is 1.70. The average molecular weight is 300 g/mol. The van der Waals surface area contributed by atoms with Crippen LogP contribution in [0, 0.1) is 5.92 Å². The van der Waals surface area contributed by atoms with Crippen LogP contribution in [-0.4, -0.2) is 18.7 Å². The highest BCUT2D eigenvalue weighted by molar-refractivity contribution is 5.94. The largest absolute Gasteiger partial charge is 0.494 e. The molecule has 0 saturated carbocycles. The average Bonchev–Trinajstić information content (AvgIpc) is 3.01. The molecule has 2 rings (SSSR count). The molecule has 1 aromatic heterocycles. The number of rotatable bonds is 7. The Morgan fingerprint density at radius 1 is 1.32 bits per heavy atom. The molecule has 0 radical (unpaired) electrons. The van der Waals surface area contributed by atoms with Crippen molar-refractivity contribution < 1.29 is 13.9 Å². The third-order valence-electron chi connectivity index (χ3n) is 2.98. The number of hydrazone groups is 1. The summed E-state index contributed by atoms with van der Waals surface area (Å²) in [5.41, 5.74) is 2.97. The molecule has 22 heavy (non-hydrogen) atoms. The van der Waals surface area contributed by atoms with E-state index in [0.29, 0.717) is 23.8 Å². The first-order chi connectivity index (χ1) is 10.6. The van der Waals surface area contributed by atoms with E-state index in [1.807, 2.05) is 0 Å². The summed E-state index contributed by atoms with van der Waals surface area (Å²) in [6.45, 7) is 4.98. The summed E-state index contributed by atoms with van der Waals surface area (Å²) in [4.78, 5) is 11.9. The second-order valence-corrected chi connectivity index (χ2v) is 5.27. The van der Waals surface area contributed by atoms with E-state index in [4.69, 9.17) is 9.15 Å². The normalized spacial score (nSPS) is 11.0. The second-order valence-electron chi connectivity index (χ2n) is 5.27. The van der Waals surface area contributed by atoms with E-state index in [-0.39, 0.29) is 5.91 Å². The predicted molar refractivity (Wildman–Crippen MR) is 85.2 cm³/mol. The Balaban J connectivity index is 1.83. The highest BCUT2D eigenvalue weighted by Gasteiger charge is 2.04. The molecule has 5 nitrogen and oxygen atoms in total. The smallest absolute Gasteiger partial charge is 0.271 e. The van der Waals surface area contributed by atoms with Crippen LogP contribution in [0.15, 0.2) is 52.2 Å². The summed E-state index contributed by atoms with van der Waals surface area (Å²) in [5, 5.41) is 3.83. The van der Waals surface area contributed by atoms with Gasteiger partial charge in [-0.1, -0.05) is 13.8 Å². The molecule has 2 aromatic rings. The fraction of sp³-hybridized carbons (Fsp3) is 0.294. The Bertz CT molecular complexity index is 601. The molecular weight excluding hydrogens is 280 g/mol. The topological polar surface area (TPSA) is 63.8 Å². The molecule has 116 valence electrons. The van der Waals surface area contributed by atoms with Gasteiger partial charge in [-0.2, -0.15) is 5.10 Å². The zero-order valence-electron chi connectivity index (χ0n) is 12.8. The Hall–Kier alpha value is -2.56. The van der Waals surface area contributed by atoms with Gasteiger partial charge in [-0.15, -0.1) is 0 Å². The van der Waals surface area contributed by atoms with E-state index in [2.05, 4.69) is 24.4 Å². The monoisotopic (exact) mass is 300 g/mol. The number of amides is 1. The van der Waals surface area contributed by atoms with Gasteiger partial charge < -0.3 is 9.15 Å². The molecule has 0 aliphatic heterocycles. The van der Waals surface area contributed by atoms with Crippen molar-refractivity contribution in [3.63, 3.8) is 0 Å². The number of hydrogen-bond donors (Lipinski definition) is 1. The lowest BCUT2D eigenvalue weighted by molar-refractivity contribution is 0.0955. The van der Waals surface area contributed by atoms with Crippen LogP contribution < -0.4 is 10.2 Å². The van der Waals surface area contributed by atoms with Crippen LogP contribution in [0.3, 0.4) is 0 Å². The third kappa shape index (κ3) is 5.09. The molecule has 0 saturated heterocycles. The highest BCUT2D eigenvalue weighted by atomic mass is 16.5. The van der Waals surface area contributed by atoms with Gasteiger partial charge in [-0.05, 0) is 48.7 Å². The van der Waals surface area contributed by atoms with Crippen molar-refractivity contribution in [3.8, 4) is 5.75 Å². The Kier molecular flexibility index (Phi) is 5.77. The third-order valence-corrected chi connectivity index (χ3v) is 2.98. The number of carbonyl (C=O) groups excluding carboxylic acids is 1. The molecule has 0 fully saturated rings. The molecular formula is C17H20N2O3. The maximum atomic E-state index is 11.9. The zero-order chi connectivity index (χ0) is 15.8. The number of carbonyl (C=O) groups is 1. The predicted octanol–water partition coefficient (Wildman–Crippen LogP) is 3.47. The maximum Gasteiger partial charge on any atom is 0.271 e. The van der Waals surface area contributed by atoms with Crippen LogP contribution in [0.2, 0.25) is 0 Å². The molecule has 0 spiro atoms. The summed E-state index contributed by atoms with van der Waals surface area (Å²) < 4.78 is 10.7. The summed E-state index contributed by atoms with van der Waals surface area (Å²) in [6, 6.07) is 10.5. The minimum atomic E-state index is -0.281. The second kappa shape index (κ2) is 8.02. The lowest BCUT2D eigenvalue weighted by Crippen LogP contribution is -2.17. The van der Waals surface area contributed by atoms with Crippen LogP contribution in [0.25, 0.3) is 0 Å². The van der Waals surface area contributed by atoms with Gasteiger partial charge >= 0.3 is 0 Å². The van der Waals surface area contributed by atoms with Crippen LogP contribution in [-0.2, 0) is 0 Å². The number of hydrogen-bond acceptors (Lipinski definition) is 4. The van der Waals surface area contributed by atoms with E-state index in [1.165, 1.54) is 6.21 Å². The number of nitrogens with one attached hydrogen (secondary N) is 1. The Morgan fingerprint density at radius 3 is 2.73 bits per heavy atom. The van der Waals surface area contributed by atoms with E-state index < -0.39 is 0 Å². The summed E-state index contributed by atoms with van der Waals surface area (Å²) >= 11 is 0. The Morgan fingerprint density at radius 2 is 2.09 bits per heavy atom.